The first-order chi connectivity index (χ1) is 13.3. The van der Waals surface area contributed by atoms with Crippen molar-refractivity contribution in [2.45, 2.75) is 23.8 Å². The molecule has 6 nitrogen and oxygen atoms in total. The molecule has 2 aliphatic rings. The van der Waals surface area contributed by atoms with Crippen LogP contribution in [0.15, 0.2) is 47.4 Å². The molecule has 4 rings (SSSR count). The van der Waals surface area contributed by atoms with E-state index in [4.69, 9.17) is 23.2 Å². The van der Waals surface area contributed by atoms with E-state index >= 15 is 0 Å². The van der Waals surface area contributed by atoms with Gasteiger partial charge in [0, 0.05) is 25.9 Å². The second-order valence-electron chi connectivity index (χ2n) is 6.79. The molecule has 0 aromatic heterocycles. The van der Waals surface area contributed by atoms with Gasteiger partial charge in [-0.25, -0.2) is 8.42 Å². The van der Waals surface area contributed by atoms with Crippen LogP contribution in [0.3, 0.4) is 0 Å². The molecule has 2 aromatic carbocycles. The van der Waals surface area contributed by atoms with Gasteiger partial charge in [0.1, 0.15) is 0 Å². The fraction of sp³-hybridized carbons (Fsp3) is 0.263. The lowest BCUT2D eigenvalue weighted by Gasteiger charge is -2.41. The Kier molecular flexibility index (Phi) is 4.95. The maximum atomic E-state index is 12.8. The summed E-state index contributed by atoms with van der Waals surface area (Å²) in [5.41, 5.74) is 1.64. The molecule has 0 spiro atoms. The van der Waals surface area contributed by atoms with Crippen LogP contribution in [0, 0.1) is 0 Å². The summed E-state index contributed by atoms with van der Waals surface area (Å²) in [6.45, 7) is 0.267. The van der Waals surface area contributed by atoms with Crippen molar-refractivity contribution in [3.05, 3.63) is 52.5 Å². The first-order valence-corrected chi connectivity index (χ1v) is 10.9. The normalized spacial score (nSPS) is 18.6. The third-order valence-electron chi connectivity index (χ3n) is 5.03. The van der Waals surface area contributed by atoms with Gasteiger partial charge in [-0.05, 0) is 35.4 Å². The van der Waals surface area contributed by atoms with Crippen LogP contribution in [0.5, 0.6) is 0 Å². The number of halogens is 2. The smallest absolute Gasteiger partial charge is 0.243 e. The molecule has 146 valence electrons. The molecule has 0 saturated carbocycles. The van der Waals surface area contributed by atoms with E-state index in [1.165, 1.54) is 21.3 Å². The van der Waals surface area contributed by atoms with Crippen molar-refractivity contribution in [1.82, 2.24) is 9.21 Å². The first kappa shape index (κ1) is 19.4. The van der Waals surface area contributed by atoms with Crippen molar-refractivity contribution in [1.29, 1.82) is 0 Å². The lowest BCUT2D eigenvalue weighted by molar-refractivity contribution is -0.143. The quantitative estimate of drug-likeness (QED) is 0.686. The summed E-state index contributed by atoms with van der Waals surface area (Å²) in [6, 6.07) is 11.3. The molecule has 2 heterocycles. The highest BCUT2D eigenvalue weighted by Crippen LogP contribution is 2.31. The number of rotatable bonds is 4. The molecule has 9 heteroatoms. The van der Waals surface area contributed by atoms with Gasteiger partial charge in [0.25, 0.3) is 0 Å². The predicted molar refractivity (Wildman–Crippen MR) is 106 cm³/mol. The van der Waals surface area contributed by atoms with E-state index in [0.717, 1.165) is 11.1 Å². The Morgan fingerprint density at radius 3 is 1.96 bits per heavy atom. The summed E-state index contributed by atoms with van der Waals surface area (Å²) >= 11 is 12.0. The van der Waals surface area contributed by atoms with Gasteiger partial charge in [-0.1, -0.05) is 41.4 Å². The van der Waals surface area contributed by atoms with Gasteiger partial charge in [0.2, 0.25) is 21.8 Å². The van der Waals surface area contributed by atoms with Crippen LogP contribution in [0.4, 0.5) is 0 Å². The van der Waals surface area contributed by atoms with E-state index in [-0.39, 0.29) is 48.7 Å². The van der Waals surface area contributed by atoms with Crippen molar-refractivity contribution in [2.75, 3.05) is 13.1 Å². The van der Waals surface area contributed by atoms with Gasteiger partial charge in [0.15, 0.2) is 0 Å². The van der Waals surface area contributed by atoms with E-state index < -0.39 is 10.0 Å². The molecular formula is C19H16Cl2N2O4S. The van der Waals surface area contributed by atoms with Crippen LogP contribution in [0.1, 0.15) is 12.8 Å². The van der Waals surface area contributed by atoms with Crippen LogP contribution in [-0.2, 0) is 19.6 Å². The largest absolute Gasteiger partial charge is 0.277 e. The van der Waals surface area contributed by atoms with Crippen LogP contribution in [-0.4, -0.2) is 48.6 Å². The number of hydrogen-bond donors (Lipinski definition) is 0. The number of hydrogen-bond acceptors (Lipinski definition) is 4. The van der Waals surface area contributed by atoms with Crippen molar-refractivity contribution in [3.8, 4) is 11.1 Å². The van der Waals surface area contributed by atoms with Gasteiger partial charge in [-0.15, -0.1) is 0 Å². The lowest BCUT2D eigenvalue weighted by atomic mass is 10.1. The number of benzene rings is 2. The highest BCUT2D eigenvalue weighted by atomic mass is 35.5. The zero-order valence-corrected chi connectivity index (χ0v) is 17.0. The van der Waals surface area contributed by atoms with Crippen LogP contribution in [0.2, 0.25) is 10.0 Å². The van der Waals surface area contributed by atoms with Crippen molar-refractivity contribution >= 4 is 45.0 Å². The minimum atomic E-state index is -3.68. The number of sulfonamides is 1. The maximum Gasteiger partial charge on any atom is 0.243 e. The SMILES string of the molecule is O=C1CCC(=O)N1C1CN(S(=O)(=O)c2ccc(-c3ccc(Cl)c(Cl)c3)cc2)C1. The van der Waals surface area contributed by atoms with E-state index in [0.29, 0.717) is 10.0 Å². The van der Waals surface area contributed by atoms with E-state index in [2.05, 4.69) is 0 Å². The molecule has 0 N–H and O–H groups in total. The number of imide groups is 1. The molecule has 0 unspecified atom stereocenters. The summed E-state index contributed by atoms with van der Waals surface area (Å²) < 4.78 is 26.8. The van der Waals surface area contributed by atoms with Crippen LogP contribution >= 0.6 is 23.2 Å². The molecule has 2 aromatic rings. The van der Waals surface area contributed by atoms with Crippen molar-refractivity contribution in [3.63, 3.8) is 0 Å². The van der Waals surface area contributed by atoms with Gasteiger partial charge in [-0.3, -0.25) is 14.5 Å². The third-order valence-corrected chi connectivity index (χ3v) is 7.61. The molecular weight excluding hydrogens is 423 g/mol. The van der Waals surface area contributed by atoms with Crippen molar-refractivity contribution in [2.24, 2.45) is 0 Å². The Hall–Kier alpha value is -1.93. The first-order valence-electron chi connectivity index (χ1n) is 8.68. The average molecular weight is 439 g/mol. The fourth-order valence-corrected chi connectivity index (χ4v) is 5.23. The Balaban J connectivity index is 1.49. The zero-order chi connectivity index (χ0) is 20.1. The monoisotopic (exact) mass is 438 g/mol. The molecule has 0 aliphatic carbocycles. The van der Waals surface area contributed by atoms with Gasteiger partial charge in [-0.2, -0.15) is 4.31 Å². The predicted octanol–water partition coefficient (Wildman–Crippen LogP) is 3.18. The van der Waals surface area contributed by atoms with Crippen LogP contribution < -0.4 is 0 Å². The Morgan fingerprint density at radius 1 is 0.821 bits per heavy atom. The second-order valence-corrected chi connectivity index (χ2v) is 9.54. The summed E-state index contributed by atoms with van der Waals surface area (Å²) in [6.07, 6.45) is 0.413. The standard InChI is InChI=1S/C19H16Cl2N2O4S/c20-16-6-3-13(9-17(16)21)12-1-4-15(5-2-12)28(26,27)22-10-14(11-22)23-18(24)7-8-19(23)25/h1-6,9,14H,7-8,10-11H2. The summed E-state index contributed by atoms with van der Waals surface area (Å²) in [5.74, 6) is -0.448. The molecule has 0 bridgehead atoms. The summed E-state index contributed by atoms with van der Waals surface area (Å²) in [4.78, 5) is 24.9. The van der Waals surface area contributed by atoms with Gasteiger partial charge >= 0.3 is 0 Å². The molecule has 2 amide bonds. The average Bonchev–Trinajstić information content (AvgIpc) is 2.95. The summed E-state index contributed by atoms with van der Waals surface area (Å²) in [7, 11) is -3.68. The minimum absolute atomic E-state index is 0.133. The third kappa shape index (κ3) is 3.33. The fourth-order valence-electron chi connectivity index (χ4n) is 3.42. The number of amides is 2. The Labute approximate surface area is 172 Å². The number of carbonyl (C=O) groups excluding carboxylic acids is 2. The molecule has 0 radical (unpaired) electrons. The highest BCUT2D eigenvalue weighted by molar-refractivity contribution is 7.89. The molecule has 0 atom stereocenters. The van der Waals surface area contributed by atoms with Gasteiger partial charge in [0.05, 0.1) is 21.0 Å². The lowest BCUT2D eigenvalue weighted by Crippen LogP contribution is -2.62. The number of nitrogens with zero attached hydrogens (tertiary/aromatic N) is 2. The second kappa shape index (κ2) is 7.15. The van der Waals surface area contributed by atoms with Gasteiger partial charge < -0.3 is 0 Å². The number of likely N-dealkylation sites (tertiary alicyclic amines) is 1. The van der Waals surface area contributed by atoms with Crippen LogP contribution in [0.25, 0.3) is 11.1 Å². The topological polar surface area (TPSA) is 74.8 Å². The van der Waals surface area contributed by atoms with Crippen molar-refractivity contribution < 1.29 is 18.0 Å². The molecule has 2 fully saturated rings. The Morgan fingerprint density at radius 2 is 1.39 bits per heavy atom. The maximum absolute atomic E-state index is 12.8. The summed E-state index contributed by atoms with van der Waals surface area (Å²) in [5, 5.41) is 0.875. The molecule has 2 saturated heterocycles. The minimum Gasteiger partial charge on any atom is -0.277 e. The zero-order valence-electron chi connectivity index (χ0n) is 14.6. The highest BCUT2D eigenvalue weighted by Gasteiger charge is 2.45. The Bertz CT molecular complexity index is 1050. The number of carbonyl (C=O) groups is 2. The van der Waals surface area contributed by atoms with E-state index in [1.807, 2.05) is 6.07 Å². The molecule has 28 heavy (non-hydrogen) atoms. The van der Waals surface area contributed by atoms with E-state index in [9.17, 15) is 18.0 Å². The molecule has 2 aliphatic heterocycles. The van der Waals surface area contributed by atoms with E-state index in [1.54, 1.807) is 24.3 Å².